The van der Waals surface area contributed by atoms with E-state index in [4.69, 9.17) is 5.73 Å². The smallest absolute Gasteiger partial charge is 0.325 e. The Kier molecular flexibility index (Phi) is 2.83. The minimum atomic E-state index is -4.04. The molecule has 1 nitrogen and oxygen atoms in total. The van der Waals surface area contributed by atoms with E-state index in [-0.39, 0.29) is 31.7 Å². The summed E-state index contributed by atoms with van der Waals surface area (Å²) in [4.78, 5) is 0. The number of halogens is 4. The molecule has 3 rings (SSSR count). The highest BCUT2D eigenvalue weighted by Crippen LogP contribution is 2.62. The first-order valence-corrected chi connectivity index (χ1v) is 4.73. The van der Waals surface area contributed by atoms with Gasteiger partial charge in [0.25, 0.3) is 0 Å². The van der Waals surface area contributed by atoms with Crippen LogP contribution in [0.4, 0.5) is 13.2 Å². The van der Waals surface area contributed by atoms with E-state index in [2.05, 4.69) is 0 Å². The first-order chi connectivity index (χ1) is 5.87. The lowest BCUT2D eigenvalue weighted by Crippen LogP contribution is -2.62. The van der Waals surface area contributed by atoms with Crippen LogP contribution in [0.25, 0.3) is 0 Å². The zero-order valence-corrected chi connectivity index (χ0v) is 8.68. The van der Waals surface area contributed by atoms with Gasteiger partial charge in [0.15, 0.2) is 0 Å². The number of nitrogens with two attached hydrogens (primary N) is 1. The molecule has 0 aromatic heterocycles. The average molecular weight is 230 g/mol. The molecule has 0 aromatic rings. The van der Waals surface area contributed by atoms with Gasteiger partial charge in [0.1, 0.15) is 0 Å². The summed E-state index contributed by atoms with van der Waals surface area (Å²) in [6.07, 6.45) is -1.14. The van der Waals surface area contributed by atoms with E-state index in [0.717, 1.165) is 12.8 Å². The molecule has 84 valence electrons. The lowest BCUT2D eigenvalue weighted by atomic mass is 9.56. The normalized spacial score (nSPS) is 42.0. The minimum absolute atomic E-state index is 0. The SMILES string of the molecule is Cl.NC12CCCCC(C(F)(F)F)(C1)C2. The summed E-state index contributed by atoms with van der Waals surface area (Å²) in [7, 11) is 0. The minimum Gasteiger partial charge on any atom is -0.325 e. The van der Waals surface area contributed by atoms with Crippen LogP contribution in [0.3, 0.4) is 0 Å². The van der Waals surface area contributed by atoms with Gasteiger partial charge in [0.05, 0.1) is 5.41 Å². The van der Waals surface area contributed by atoms with E-state index in [1.165, 1.54) is 0 Å². The molecule has 0 atom stereocenters. The third kappa shape index (κ3) is 1.63. The summed E-state index contributed by atoms with van der Waals surface area (Å²) in [5.74, 6) is 0. The molecule has 0 amide bonds. The highest BCUT2D eigenvalue weighted by atomic mass is 35.5. The van der Waals surface area contributed by atoms with Gasteiger partial charge in [0, 0.05) is 5.54 Å². The van der Waals surface area contributed by atoms with Gasteiger partial charge in [0.2, 0.25) is 0 Å². The monoisotopic (exact) mass is 229 g/mol. The molecule has 3 saturated carbocycles. The standard InChI is InChI=1S/C9H14F3N.ClH/c10-9(11,12)7-3-1-2-4-8(13,5-7)6-7;/h1-6,13H2;1H. The average Bonchev–Trinajstić information content (AvgIpc) is 2.14. The molecule has 0 aliphatic heterocycles. The van der Waals surface area contributed by atoms with Crippen molar-refractivity contribution in [3.63, 3.8) is 0 Å². The zero-order chi connectivity index (χ0) is 9.74. The third-order valence-electron chi connectivity index (χ3n) is 3.56. The lowest BCUT2D eigenvalue weighted by Gasteiger charge is -2.53. The second-order valence-corrected chi connectivity index (χ2v) is 4.70. The van der Waals surface area contributed by atoms with Gasteiger partial charge in [-0.05, 0) is 25.7 Å². The van der Waals surface area contributed by atoms with Crippen LogP contribution in [0.15, 0.2) is 0 Å². The molecule has 0 unspecified atom stereocenters. The Hall–Kier alpha value is 0.0400. The zero-order valence-electron chi connectivity index (χ0n) is 7.86. The largest absolute Gasteiger partial charge is 0.394 e. The number of fused-ring (bicyclic) bond motifs is 3. The fraction of sp³-hybridized carbons (Fsp3) is 1.00. The summed E-state index contributed by atoms with van der Waals surface area (Å²) in [6, 6.07) is 0. The molecule has 3 aliphatic rings. The Balaban J connectivity index is 0.000000980. The topological polar surface area (TPSA) is 26.0 Å². The van der Waals surface area contributed by atoms with E-state index in [9.17, 15) is 13.2 Å². The van der Waals surface area contributed by atoms with Gasteiger partial charge < -0.3 is 5.73 Å². The van der Waals surface area contributed by atoms with E-state index in [1.807, 2.05) is 0 Å². The molecule has 0 radical (unpaired) electrons. The Morgan fingerprint density at radius 2 is 1.50 bits per heavy atom. The van der Waals surface area contributed by atoms with Gasteiger partial charge in [-0.1, -0.05) is 12.8 Å². The Labute approximate surface area is 87.6 Å². The van der Waals surface area contributed by atoms with Crippen molar-refractivity contribution in [2.75, 3.05) is 0 Å². The van der Waals surface area contributed by atoms with Crippen molar-refractivity contribution in [1.29, 1.82) is 0 Å². The van der Waals surface area contributed by atoms with E-state index >= 15 is 0 Å². The van der Waals surface area contributed by atoms with Crippen molar-refractivity contribution in [1.82, 2.24) is 0 Å². The molecule has 2 N–H and O–H groups in total. The maximum atomic E-state index is 12.7. The molecule has 3 aliphatic carbocycles. The highest BCUT2D eigenvalue weighted by Gasteiger charge is 2.66. The molecule has 5 heteroatoms. The fourth-order valence-electron chi connectivity index (χ4n) is 2.93. The lowest BCUT2D eigenvalue weighted by molar-refractivity contribution is -0.266. The van der Waals surface area contributed by atoms with Crippen molar-refractivity contribution >= 4 is 12.4 Å². The van der Waals surface area contributed by atoms with Crippen LogP contribution in [-0.2, 0) is 0 Å². The fourth-order valence-corrected chi connectivity index (χ4v) is 2.93. The number of hydrogen-bond acceptors (Lipinski definition) is 1. The van der Waals surface area contributed by atoms with Crippen LogP contribution in [0, 0.1) is 5.41 Å². The van der Waals surface area contributed by atoms with E-state index in [1.54, 1.807) is 0 Å². The number of rotatable bonds is 0. The molecule has 0 saturated heterocycles. The molecular weight excluding hydrogens is 215 g/mol. The summed E-state index contributed by atoms with van der Waals surface area (Å²) < 4.78 is 38.0. The second-order valence-electron chi connectivity index (χ2n) is 4.70. The summed E-state index contributed by atoms with van der Waals surface area (Å²) in [6.45, 7) is 0. The van der Waals surface area contributed by atoms with Crippen LogP contribution in [-0.4, -0.2) is 11.7 Å². The van der Waals surface area contributed by atoms with Gasteiger partial charge in [-0.3, -0.25) is 0 Å². The summed E-state index contributed by atoms with van der Waals surface area (Å²) >= 11 is 0. The van der Waals surface area contributed by atoms with E-state index in [0.29, 0.717) is 6.42 Å². The number of hydrogen-bond donors (Lipinski definition) is 1. The summed E-state index contributed by atoms with van der Waals surface area (Å²) in [5.41, 5.74) is 3.91. The van der Waals surface area contributed by atoms with E-state index < -0.39 is 17.1 Å². The molecule has 0 heterocycles. The van der Waals surface area contributed by atoms with Crippen molar-refractivity contribution in [3.05, 3.63) is 0 Å². The Morgan fingerprint density at radius 1 is 1.00 bits per heavy atom. The number of alkyl halides is 3. The van der Waals surface area contributed by atoms with Crippen molar-refractivity contribution < 1.29 is 13.2 Å². The van der Waals surface area contributed by atoms with Crippen molar-refractivity contribution in [3.8, 4) is 0 Å². The maximum Gasteiger partial charge on any atom is 0.394 e. The van der Waals surface area contributed by atoms with Gasteiger partial charge in [-0.2, -0.15) is 13.2 Å². The van der Waals surface area contributed by atoms with Crippen LogP contribution < -0.4 is 5.73 Å². The molecular formula is C9H15ClF3N. The maximum absolute atomic E-state index is 12.7. The van der Waals surface area contributed by atoms with Crippen LogP contribution >= 0.6 is 12.4 Å². The van der Waals surface area contributed by atoms with Gasteiger partial charge in [-0.25, -0.2) is 0 Å². The first kappa shape index (κ1) is 12.1. The quantitative estimate of drug-likeness (QED) is 0.679. The van der Waals surface area contributed by atoms with Crippen LogP contribution in [0.1, 0.15) is 38.5 Å². The van der Waals surface area contributed by atoms with Crippen molar-refractivity contribution in [2.45, 2.75) is 50.2 Å². The van der Waals surface area contributed by atoms with Crippen LogP contribution in [0.5, 0.6) is 0 Å². The highest BCUT2D eigenvalue weighted by molar-refractivity contribution is 5.85. The predicted octanol–water partition coefficient (Wildman–Crippen LogP) is 3.02. The van der Waals surface area contributed by atoms with Gasteiger partial charge in [-0.15, -0.1) is 12.4 Å². The second kappa shape index (κ2) is 3.27. The Morgan fingerprint density at radius 3 is 2.00 bits per heavy atom. The molecule has 0 spiro atoms. The predicted molar refractivity (Wildman–Crippen MR) is 50.4 cm³/mol. The third-order valence-corrected chi connectivity index (χ3v) is 3.56. The van der Waals surface area contributed by atoms with Crippen LogP contribution in [0.2, 0.25) is 0 Å². The van der Waals surface area contributed by atoms with Gasteiger partial charge >= 0.3 is 6.18 Å². The van der Waals surface area contributed by atoms with Crippen molar-refractivity contribution in [2.24, 2.45) is 11.1 Å². The first-order valence-electron chi connectivity index (χ1n) is 4.73. The Bertz CT molecular complexity index is 221. The molecule has 14 heavy (non-hydrogen) atoms. The summed E-state index contributed by atoms with van der Waals surface area (Å²) in [5, 5.41) is 0. The molecule has 0 aromatic carbocycles. The molecule has 2 bridgehead atoms. The molecule has 3 fully saturated rings.